The van der Waals surface area contributed by atoms with Crippen LogP contribution in [-0.2, 0) is 13.1 Å². The second-order valence-electron chi connectivity index (χ2n) is 5.84. The van der Waals surface area contributed by atoms with Gasteiger partial charge >= 0.3 is 0 Å². The number of benzene rings is 1. The van der Waals surface area contributed by atoms with Crippen molar-refractivity contribution >= 4 is 11.6 Å². The van der Waals surface area contributed by atoms with Gasteiger partial charge in [0.05, 0.1) is 11.3 Å². The smallest absolute Gasteiger partial charge is 0.253 e. The zero-order valence-electron chi connectivity index (χ0n) is 14.1. The van der Waals surface area contributed by atoms with Crippen LogP contribution >= 0.6 is 0 Å². The van der Waals surface area contributed by atoms with Gasteiger partial charge in [-0.2, -0.15) is 0 Å². The topological polar surface area (TPSA) is 66.9 Å². The van der Waals surface area contributed by atoms with Crippen molar-refractivity contribution in [2.24, 2.45) is 0 Å². The fraction of sp³-hybridized carbons (Fsp3) is 0.150. The summed E-state index contributed by atoms with van der Waals surface area (Å²) < 4.78 is 0. The first-order chi connectivity index (χ1) is 12.2. The normalized spacial score (nSPS) is 10.3. The molecule has 2 heterocycles. The molecule has 0 radical (unpaired) electrons. The van der Waals surface area contributed by atoms with Gasteiger partial charge in [0.2, 0.25) is 0 Å². The highest BCUT2D eigenvalue weighted by atomic mass is 16.1. The molecule has 2 N–H and O–H groups in total. The molecule has 3 aromatic rings. The second kappa shape index (κ2) is 8.06. The van der Waals surface area contributed by atoms with Crippen LogP contribution < -0.4 is 10.6 Å². The van der Waals surface area contributed by atoms with Crippen LogP contribution in [0.1, 0.15) is 27.0 Å². The molecule has 0 aliphatic carbocycles. The average Bonchev–Trinajstić information content (AvgIpc) is 2.65. The molecule has 126 valence electrons. The Morgan fingerprint density at radius 2 is 1.80 bits per heavy atom. The number of carbonyl (C=O) groups excluding carboxylic acids is 1. The van der Waals surface area contributed by atoms with Gasteiger partial charge in [-0.3, -0.25) is 14.8 Å². The van der Waals surface area contributed by atoms with Gasteiger partial charge in [-0.05, 0) is 36.2 Å². The first-order valence-electron chi connectivity index (χ1n) is 8.12. The Kier molecular flexibility index (Phi) is 5.36. The Labute approximate surface area is 147 Å². The SMILES string of the molecule is Cc1cccc(CNC(=O)c2cncc(NCc3ccncc3)c2)c1. The van der Waals surface area contributed by atoms with Crippen LogP contribution in [0.15, 0.2) is 67.3 Å². The molecule has 0 unspecified atom stereocenters. The number of nitrogens with zero attached hydrogens (tertiary/aromatic N) is 2. The zero-order valence-corrected chi connectivity index (χ0v) is 14.1. The van der Waals surface area contributed by atoms with E-state index in [0.717, 1.165) is 16.8 Å². The number of pyridine rings is 2. The summed E-state index contributed by atoms with van der Waals surface area (Å²) >= 11 is 0. The molecule has 0 saturated carbocycles. The Balaban J connectivity index is 1.59. The van der Waals surface area contributed by atoms with Crippen molar-refractivity contribution in [2.45, 2.75) is 20.0 Å². The number of aryl methyl sites for hydroxylation is 1. The van der Waals surface area contributed by atoms with Gasteiger partial charge < -0.3 is 10.6 Å². The minimum atomic E-state index is -0.137. The first-order valence-corrected chi connectivity index (χ1v) is 8.12. The van der Waals surface area contributed by atoms with Crippen LogP contribution in [0.2, 0.25) is 0 Å². The summed E-state index contributed by atoms with van der Waals surface area (Å²) in [5.41, 5.74) is 4.71. The van der Waals surface area contributed by atoms with E-state index in [1.807, 2.05) is 37.3 Å². The Bertz CT molecular complexity index is 849. The molecule has 0 aliphatic rings. The number of carbonyl (C=O) groups is 1. The van der Waals surface area contributed by atoms with Crippen molar-refractivity contribution < 1.29 is 4.79 Å². The average molecular weight is 332 g/mol. The predicted octanol–water partition coefficient (Wildman–Crippen LogP) is 3.33. The largest absolute Gasteiger partial charge is 0.380 e. The highest BCUT2D eigenvalue weighted by Gasteiger charge is 2.07. The van der Waals surface area contributed by atoms with Crippen molar-refractivity contribution in [3.8, 4) is 0 Å². The third-order valence-corrected chi connectivity index (χ3v) is 3.78. The maximum absolute atomic E-state index is 12.3. The third kappa shape index (κ3) is 4.88. The highest BCUT2D eigenvalue weighted by molar-refractivity contribution is 5.94. The summed E-state index contributed by atoms with van der Waals surface area (Å²) in [4.78, 5) is 20.5. The molecule has 0 bridgehead atoms. The van der Waals surface area contributed by atoms with E-state index in [0.29, 0.717) is 18.7 Å². The standard InChI is InChI=1S/C20H20N4O/c1-15-3-2-4-17(9-15)12-24-20(25)18-10-19(14-22-13-18)23-11-16-5-7-21-8-6-16/h2-10,13-14,23H,11-12H2,1H3,(H,24,25). The number of nitrogens with one attached hydrogen (secondary N) is 2. The molecule has 5 nitrogen and oxygen atoms in total. The molecule has 2 aromatic heterocycles. The van der Waals surface area contributed by atoms with E-state index >= 15 is 0 Å². The van der Waals surface area contributed by atoms with Crippen LogP contribution in [0, 0.1) is 6.92 Å². The molecule has 1 aromatic carbocycles. The minimum absolute atomic E-state index is 0.137. The molecule has 0 aliphatic heterocycles. The van der Waals surface area contributed by atoms with E-state index in [1.54, 1.807) is 30.9 Å². The summed E-state index contributed by atoms with van der Waals surface area (Å²) in [5.74, 6) is -0.137. The van der Waals surface area contributed by atoms with Gasteiger partial charge in [-0.15, -0.1) is 0 Å². The maximum atomic E-state index is 12.3. The van der Waals surface area contributed by atoms with Gasteiger partial charge in [-0.25, -0.2) is 0 Å². The fourth-order valence-corrected chi connectivity index (χ4v) is 2.47. The summed E-state index contributed by atoms with van der Waals surface area (Å²) in [6, 6.07) is 13.8. The van der Waals surface area contributed by atoms with Gasteiger partial charge in [-0.1, -0.05) is 29.8 Å². The van der Waals surface area contributed by atoms with Crippen LogP contribution in [0.3, 0.4) is 0 Å². The van der Waals surface area contributed by atoms with E-state index in [2.05, 4.69) is 26.7 Å². The number of aromatic nitrogens is 2. The number of amides is 1. The van der Waals surface area contributed by atoms with Crippen molar-refractivity contribution in [2.75, 3.05) is 5.32 Å². The van der Waals surface area contributed by atoms with Crippen LogP contribution in [0.5, 0.6) is 0 Å². The lowest BCUT2D eigenvalue weighted by molar-refractivity contribution is 0.0950. The number of hydrogen-bond donors (Lipinski definition) is 2. The van der Waals surface area contributed by atoms with Crippen LogP contribution in [-0.4, -0.2) is 15.9 Å². The summed E-state index contributed by atoms with van der Waals surface area (Å²) in [6.07, 6.45) is 6.79. The maximum Gasteiger partial charge on any atom is 0.253 e. The van der Waals surface area contributed by atoms with E-state index < -0.39 is 0 Å². The number of rotatable bonds is 6. The highest BCUT2D eigenvalue weighted by Crippen LogP contribution is 2.11. The number of hydrogen-bond acceptors (Lipinski definition) is 4. The lowest BCUT2D eigenvalue weighted by Crippen LogP contribution is -2.23. The molecular weight excluding hydrogens is 312 g/mol. The molecule has 0 atom stereocenters. The molecule has 0 saturated heterocycles. The van der Waals surface area contributed by atoms with Gasteiger partial charge in [0.15, 0.2) is 0 Å². The summed E-state index contributed by atoms with van der Waals surface area (Å²) in [5, 5.41) is 6.20. The van der Waals surface area contributed by atoms with E-state index in [1.165, 1.54) is 5.56 Å². The van der Waals surface area contributed by atoms with Crippen molar-refractivity contribution in [1.82, 2.24) is 15.3 Å². The summed E-state index contributed by atoms with van der Waals surface area (Å²) in [6.45, 7) is 3.18. The van der Waals surface area contributed by atoms with Crippen molar-refractivity contribution in [3.63, 3.8) is 0 Å². The monoisotopic (exact) mass is 332 g/mol. The molecule has 25 heavy (non-hydrogen) atoms. The predicted molar refractivity (Wildman–Crippen MR) is 98.1 cm³/mol. The Hall–Kier alpha value is -3.21. The second-order valence-corrected chi connectivity index (χ2v) is 5.84. The van der Waals surface area contributed by atoms with E-state index in [9.17, 15) is 4.79 Å². The van der Waals surface area contributed by atoms with Gasteiger partial charge in [0.25, 0.3) is 5.91 Å². The summed E-state index contributed by atoms with van der Waals surface area (Å²) in [7, 11) is 0. The zero-order chi connectivity index (χ0) is 17.5. The van der Waals surface area contributed by atoms with E-state index in [4.69, 9.17) is 0 Å². The molecule has 5 heteroatoms. The molecule has 3 rings (SSSR count). The van der Waals surface area contributed by atoms with E-state index in [-0.39, 0.29) is 5.91 Å². The van der Waals surface area contributed by atoms with Gasteiger partial charge in [0, 0.05) is 37.9 Å². The third-order valence-electron chi connectivity index (χ3n) is 3.78. The molecule has 1 amide bonds. The van der Waals surface area contributed by atoms with Crippen LogP contribution in [0.25, 0.3) is 0 Å². The first kappa shape index (κ1) is 16.6. The quantitative estimate of drug-likeness (QED) is 0.726. The fourth-order valence-electron chi connectivity index (χ4n) is 2.47. The van der Waals surface area contributed by atoms with Crippen molar-refractivity contribution in [3.05, 3.63) is 89.5 Å². The Morgan fingerprint density at radius 1 is 0.960 bits per heavy atom. The van der Waals surface area contributed by atoms with Crippen molar-refractivity contribution in [1.29, 1.82) is 0 Å². The molecule has 0 spiro atoms. The lowest BCUT2D eigenvalue weighted by atomic mass is 10.1. The van der Waals surface area contributed by atoms with Crippen LogP contribution in [0.4, 0.5) is 5.69 Å². The molecule has 0 fully saturated rings. The lowest BCUT2D eigenvalue weighted by Gasteiger charge is -2.09. The van der Waals surface area contributed by atoms with Gasteiger partial charge in [0.1, 0.15) is 0 Å². The Morgan fingerprint density at radius 3 is 2.60 bits per heavy atom. The number of anilines is 1. The minimum Gasteiger partial charge on any atom is -0.380 e. The molecular formula is C20H20N4O.